The predicted octanol–water partition coefficient (Wildman–Crippen LogP) is 7.60. The molecule has 2 bridgehead atoms. The third-order valence-corrected chi connectivity index (χ3v) is 11.9. The molecule has 7 rings (SSSR count). The minimum Gasteiger partial charge on any atom is -0.490 e. The fourth-order valence-corrected chi connectivity index (χ4v) is 9.35. The zero-order chi connectivity index (χ0) is 32.8. The maximum Gasteiger partial charge on any atom is 0.296 e. The van der Waals surface area contributed by atoms with Crippen molar-refractivity contribution in [2.45, 2.75) is 80.4 Å². The van der Waals surface area contributed by atoms with Gasteiger partial charge in [-0.25, -0.2) is 8.42 Å². The van der Waals surface area contributed by atoms with Crippen LogP contribution in [0.5, 0.6) is 5.75 Å². The molecule has 3 N–H and O–H groups in total. The van der Waals surface area contributed by atoms with Gasteiger partial charge in [-0.2, -0.15) is 13.5 Å². The Morgan fingerprint density at radius 3 is 2.19 bits per heavy atom. The van der Waals surface area contributed by atoms with Gasteiger partial charge in [0.25, 0.3) is 5.92 Å². The number of fused-ring (bicyclic) bond motifs is 3. The van der Waals surface area contributed by atoms with E-state index in [1.165, 1.54) is 30.3 Å². The van der Waals surface area contributed by atoms with Gasteiger partial charge < -0.3 is 10.5 Å². The van der Waals surface area contributed by atoms with E-state index in [-0.39, 0.29) is 28.9 Å². The number of alkyl halides is 2. The van der Waals surface area contributed by atoms with E-state index in [1.54, 1.807) is 24.3 Å². The van der Waals surface area contributed by atoms with Crippen molar-refractivity contribution in [3.05, 3.63) is 96.6 Å². The lowest BCUT2D eigenvalue weighted by atomic mass is 9.72. The van der Waals surface area contributed by atoms with Crippen molar-refractivity contribution >= 4 is 26.6 Å². The van der Waals surface area contributed by atoms with Crippen LogP contribution in [0.4, 0.5) is 8.78 Å². The van der Waals surface area contributed by atoms with E-state index in [0.717, 1.165) is 49.5 Å². The second kappa shape index (κ2) is 12.7. The number of halogens is 2. The number of benzene rings is 4. The topological polar surface area (TPSA) is 98.5 Å². The minimum atomic E-state index is -4.55. The average Bonchev–Trinajstić information content (AvgIpc) is 3.68. The lowest BCUT2D eigenvalue weighted by molar-refractivity contribution is -0.139. The number of sulfonamides is 1. The number of nitrogens with one attached hydrogen (secondary N) is 1. The van der Waals surface area contributed by atoms with E-state index >= 15 is 8.78 Å². The molecule has 3 fully saturated rings. The number of rotatable bonds is 10. The van der Waals surface area contributed by atoms with Gasteiger partial charge in [0.1, 0.15) is 11.8 Å². The Labute approximate surface area is 274 Å². The maximum absolute atomic E-state index is 16.8. The van der Waals surface area contributed by atoms with Crippen LogP contribution in [0.1, 0.15) is 56.9 Å². The third-order valence-electron chi connectivity index (χ3n) is 10.4. The van der Waals surface area contributed by atoms with Crippen LogP contribution in [0, 0.1) is 17.8 Å². The Morgan fingerprint density at radius 2 is 1.47 bits per heavy atom. The summed E-state index contributed by atoms with van der Waals surface area (Å²) in [4.78, 5) is 14.1. The SMILES string of the molecule is NC1CC2CCC(C1)C2C(=O)[C@@H](NS(=O)(=O)c1ccc2cc(OC3CCCC3)ccc2c1)C(F)(F)c1cccc(-c2ccccc2)c1. The zero-order valence-corrected chi connectivity index (χ0v) is 27.0. The molecule has 4 aromatic carbocycles. The molecule has 0 aliphatic heterocycles. The monoisotopic (exact) mass is 658 g/mol. The van der Waals surface area contributed by atoms with Crippen LogP contribution in [0.2, 0.25) is 0 Å². The first-order valence-electron chi connectivity index (χ1n) is 16.6. The fraction of sp³-hybridized carbons (Fsp3) is 0.395. The Bertz CT molecular complexity index is 1860. The second-order valence-electron chi connectivity index (χ2n) is 13.6. The molecular weight excluding hydrogens is 618 g/mol. The molecule has 6 nitrogen and oxygen atoms in total. The first-order chi connectivity index (χ1) is 22.6. The van der Waals surface area contributed by atoms with Gasteiger partial charge >= 0.3 is 0 Å². The predicted molar refractivity (Wildman–Crippen MR) is 179 cm³/mol. The molecule has 0 spiro atoms. The summed E-state index contributed by atoms with van der Waals surface area (Å²) < 4.78 is 69.8. The average molecular weight is 659 g/mol. The van der Waals surface area contributed by atoms with Crippen LogP contribution < -0.4 is 15.2 Å². The molecule has 0 radical (unpaired) electrons. The summed E-state index contributed by atoms with van der Waals surface area (Å²) in [5.41, 5.74) is 7.10. The number of carbonyl (C=O) groups excluding carboxylic acids is 1. The second-order valence-corrected chi connectivity index (χ2v) is 15.3. The Hall–Kier alpha value is -3.66. The Kier molecular flexibility index (Phi) is 8.66. The third kappa shape index (κ3) is 6.45. The summed E-state index contributed by atoms with van der Waals surface area (Å²) in [6.07, 6.45) is 7.06. The standard InChI is InChI=1S/C38H40F2N2O4S/c39-38(40,30-10-6-9-25(19-30)24-7-2-1-3-8-24)37(36(43)35-28-13-14-29(35)21-31(41)20-28)42-47(44,45)34-18-16-26-22-33(17-15-27(26)23-34)46-32-11-4-5-12-32/h1-3,6-10,15-19,22-23,28-29,31-32,35,37,42H,4-5,11-14,20-21,41H2/t28?,29?,31?,35?,37-/m1/s1. The molecule has 9 heteroatoms. The Balaban J connectivity index is 1.22. The van der Waals surface area contributed by atoms with Crippen molar-refractivity contribution in [2.24, 2.45) is 23.5 Å². The molecule has 3 atom stereocenters. The van der Waals surface area contributed by atoms with E-state index < -0.39 is 39.3 Å². The van der Waals surface area contributed by atoms with Gasteiger partial charge in [0.05, 0.1) is 11.0 Å². The summed E-state index contributed by atoms with van der Waals surface area (Å²) in [5, 5.41) is 1.39. The smallest absolute Gasteiger partial charge is 0.296 e. The number of carbonyl (C=O) groups is 1. The number of Topliss-reactive ketones (excluding diaryl/α,β-unsaturated/α-hetero) is 1. The van der Waals surface area contributed by atoms with Crippen molar-refractivity contribution in [1.82, 2.24) is 4.72 Å². The van der Waals surface area contributed by atoms with Crippen molar-refractivity contribution in [3.8, 4) is 16.9 Å². The minimum absolute atomic E-state index is 0.0866. The van der Waals surface area contributed by atoms with Crippen LogP contribution in [0.25, 0.3) is 21.9 Å². The molecule has 3 aliphatic carbocycles. The highest BCUT2D eigenvalue weighted by Gasteiger charge is 2.54. The quantitative estimate of drug-likeness (QED) is 0.183. The molecule has 0 aromatic heterocycles. The van der Waals surface area contributed by atoms with E-state index in [4.69, 9.17) is 10.5 Å². The van der Waals surface area contributed by atoms with E-state index in [1.807, 2.05) is 36.4 Å². The van der Waals surface area contributed by atoms with Gasteiger partial charge in [-0.05, 0) is 115 Å². The molecule has 0 amide bonds. The number of hydrogen-bond donors (Lipinski definition) is 2. The van der Waals surface area contributed by atoms with Crippen LogP contribution in [0.3, 0.4) is 0 Å². The zero-order valence-electron chi connectivity index (χ0n) is 26.2. The Morgan fingerprint density at radius 1 is 0.809 bits per heavy atom. The molecule has 4 aromatic rings. The van der Waals surface area contributed by atoms with Crippen molar-refractivity contribution in [2.75, 3.05) is 0 Å². The van der Waals surface area contributed by atoms with Crippen LogP contribution >= 0.6 is 0 Å². The normalized spacial score (nSPS) is 24.0. The van der Waals surface area contributed by atoms with Gasteiger partial charge in [-0.3, -0.25) is 4.79 Å². The fourth-order valence-electron chi connectivity index (χ4n) is 8.11. The molecule has 3 saturated carbocycles. The number of hydrogen-bond acceptors (Lipinski definition) is 5. The van der Waals surface area contributed by atoms with Crippen molar-refractivity contribution in [1.29, 1.82) is 0 Å². The highest BCUT2D eigenvalue weighted by Crippen LogP contribution is 2.49. The van der Waals surface area contributed by atoms with Crippen molar-refractivity contribution in [3.63, 3.8) is 0 Å². The van der Waals surface area contributed by atoms with Crippen LogP contribution in [-0.2, 0) is 20.7 Å². The highest BCUT2D eigenvalue weighted by molar-refractivity contribution is 7.89. The molecule has 246 valence electrons. The van der Waals surface area contributed by atoms with Crippen molar-refractivity contribution < 1.29 is 26.7 Å². The van der Waals surface area contributed by atoms with Gasteiger partial charge in [0, 0.05) is 17.5 Å². The first-order valence-corrected chi connectivity index (χ1v) is 18.1. The molecular formula is C38H40F2N2O4S. The summed E-state index contributed by atoms with van der Waals surface area (Å²) in [6.45, 7) is 0. The van der Waals surface area contributed by atoms with E-state index in [2.05, 4.69) is 4.72 Å². The van der Waals surface area contributed by atoms with Gasteiger partial charge in [-0.15, -0.1) is 0 Å². The summed E-state index contributed by atoms with van der Waals surface area (Å²) in [5.74, 6) is -4.86. The van der Waals surface area contributed by atoms with Gasteiger partial charge in [-0.1, -0.05) is 60.7 Å². The molecule has 47 heavy (non-hydrogen) atoms. The molecule has 0 heterocycles. The lowest BCUT2D eigenvalue weighted by Crippen LogP contribution is -2.55. The van der Waals surface area contributed by atoms with E-state index in [9.17, 15) is 13.2 Å². The number of nitrogens with two attached hydrogens (primary N) is 1. The molecule has 0 saturated heterocycles. The number of ether oxygens (including phenoxy) is 1. The summed E-state index contributed by atoms with van der Waals surface area (Å²) >= 11 is 0. The number of ketones is 1. The molecule has 3 aliphatic rings. The van der Waals surface area contributed by atoms with Gasteiger partial charge in [0.2, 0.25) is 10.0 Å². The largest absolute Gasteiger partial charge is 0.490 e. The lowest BCUT2D eigenvalue weighted by Gasteiger charge is -2.36. The maximum atomic E-state index is 16.8. The first kappa shape index (κ1) is 31.9. The van der Waals surface area contributed by atoms with Gasteiger partial charge in [0.15, 0.2) is 5.78 Å². The van der Waals surface area contributed by atoms with Crippen LogP contribution in [0.15, 0.2) is 95.9 Å². The molecule has 2 unspecified atom stereocenters. The summed E-state index contributed by atoms with van der Waals surface area (Å²) in [7, 11) is -4.55. The van der Waals surface area contributed by atoms with E-state index in [0.29, 0.717) is 29.5 Å². The summed E-state index contributed by atoms with van der Waals surface area (Å²) in [6, 6.07) is 22.5. The highest BCUT2D eigenvalue weighted by atomic mass is 32.2. The van der Waals surface area contributed by atoms with Crippen LogP contribution in [-0.4, -0.2) is 32.4 Å².